The van der Waals surface area contributed by atoms with Gasteiger partial charge >= 0.3 is 12.2 Å². The number of carbonyl (C=O) groups is 2. The van der Waals surface area contributed by atoms with Crippen molar-refractivity contribution in [3.63, 3.8) is 0 Å². The Bertz CT molecular complexity index is 1410. The molecule has 198 valence electrons. The van der Waals surface area contributed by atoms with Crippen molar-refractivity contribution in [1.82, 2.24) is 24.2 Å². The van der Waals surface area contributed by atoms with E-state index in [-0.39, 0.29) is 11.5 Å². The van der Waals surface area contributed by atoms with Crippen LogP contribution in [0, 0.1) is 6.92 Å². The Morgan fingerprint density at radius 2 is 1.68 bits per heavy atom. The molecule has 1 unspecified atom stereocenters. The summed E-state index contributed by atoms with van der Waals surface area (Å²) in [6.07, 6.45) is 4.36. The molecule has 10 heteroatoms. The van der Waals surface area contributed by atoms with Gasteiger partial charge in [0.05, 0.1) is 10.7 Å². The third-order valence-corrected chi connectivity index (χ3v) is 7.27. The molecule has 5 heterocycles. The number of halogens is 1. The highest BCUT2D eigenvalue weighted by Gasteiger charge is 2.49. The summed E-state index contributed by atoms with van der Waals surface area (Å²) in [5, 5.41) is 6.27. The minimum absolute atomic E-state index is 0.243. The van der Waals surface area contributed by atoms with E-state index in [4.69, 9.17) is 26.2 Å². The first-order chi connectivity index (χ1) is 17.2. The lowest BCUT2D eigenvalue weighted by molar-refractivity contribution is 0.0283. The van der Waals surface area contributed by atoms with E-state index in [0.717, 1.165) is 41.6 Å². The molecule has 9 nitrogen and oxygen atoms in total. The summed E-state index contributed by atoms with van der Waals surface area (Å²) in [5.74, 6) is 0. The summed E-state index contributed by atoms with van der Waals surface area (Å²) in [7, 11) is 0. The predicted octanol–water partition coefficient (Wildman–Crippen LogP) is 5.93. The van der Waals surface area contributed by atoms with Gasteiger partial charge in [-0.2, -0.15) is 5.10 Å². The van der Waals surface area contributed by atoms with E-state index in [0.29, 0.717) is 29.5 Å². The Hall–Kier alpha value is -3.07. The Kier molecular flexibility index (Phi) is 5.86. The molecule has 5 rings (SSSR count). The molecule has 37 heavy (non-hydrogen) atoms. The molecule has 1 amide bonds. The average Bonchev–Trinajstić information content (AvgIpc) is 3.51. The second-order valence-electron chi connectivity index (χ2n) is 12.2. The molecule has 2 aliphatic rings. The van der Waals surface area contributed by atoms with E-state index in [1.807, 2.05) is 59.2 Å². The van der Waals surface area contributed by atoms with Crippen LogP contribution in [0.2, 0.25) is 5.02 Å². The molecule has 0 saturated carbocycles. The summed E-state index contributed by atoms with van der Waals surface area (Å²) < 4.78 is 14.5. The maximum atomic E-state index is 12.7. The normalized spacial score (nSPS) is 19.6. The third-order valence-electron chi connectivity index (χ3n) is 6.91. The molecular formula is C27H34ClN5O4. The van der Waals surface area contributed by atoms with Gasteiger partial charge in [0.2, 0.25) is 0 Å². The summed E-state index contributed by atoms with van der Waals surface area (Å²) in [4.78, 5) is 31.8. The second kappa shape index (κ2) is 8.48. The van der Waals surface area contributed by atoms with E-state index >= 15 is 0 Å². The number of carbonyl (C=O) groups excluding carboxylic acids is 2. The topological polar surface area (TPSA) is 91.5 Å². The number of hydrogen-bond acceptors (Lipinski definition) is 6. The third kappa shape index (κ3) is 4.58. The molecule has 1 spiro atoms. The number of likely N-dealkylation sites (tertiary alicyclic amines) is 1. The Balaban J connectivity index is 1.46. The Labute approximate surface area is 221 Å². The van der Waals surface area contributed by atoms with Crippen molar-refractivity contribution in [3.8, 4) is 11.3 Å². The van der Waals surface area contributed by atoms with E-state index in [2.05, 4.69) is 4.98 Å². The largest absolute Gasteiger partial charge is 0.444 e. The number of aromatic nitrogens is 4. The van der Waals surface area contributed by atoms with Crippen LogP contribution < -0.4 is 0 Å². The highest BCUT2D eigenvalue weighted by molar-refractivity contribution is 6.34. The minimum atomic E-state index is -0.610. The molecule has 0 N–H and O–H groups in total. The molecular weight excluding hydrogens is 494 g/mol. The average molecular weight is 528 g/mol. The summed E-state index contributed by atoms with van der Waals surface area (Å²) in [6.45, 7) is 15.0. The van der Waals surface area contributed by atoms with Gasteiger partial charge in [0.25, 0.3) is 0 Å². The molecule has 0 aromatic carbocycles. The highest BCUT2D eigenvalue weighted by Crippen LogP contribution is 2.48. The minimum Gasteiger partial charge on any atom is -0.444 e. The van der Waals surface area contributed by atoms with Gasteiger partial charge in [-0.15, -0.1) is 0 Å². The van der Waals surface area contributed by atoms with E-state index in [1.54, 1.807) is 17.3 Å². The maximum absolute atomic E-state index is 12.7. The smallest absolute Gasteiger partial charge is 0.420 e. The van der Waals surface area contributed by atoms with E-state index in [1.165, 1.54) is 4.57 Å². The molecule has 0 bridgehead atoms. The van der Waals surface area contributed by atoms with E-state index < -0.39 is 17.3 Å². The zero-order valence-electron chi connectivity index (χ0n) is 22.5. The lowest BCUT2D eigenvalue weighted by Crippen LogP contribution is -2.37. The van der Waals surface area contributed by atoms with Crippen LogP contribution in [0.15, 0.2) is 18.5 Å². The van der Waals surface area contributed by atoms with Crippen LogP contribution in [0.5, 0.6) is 0 Å². The second-order valence-corrected chi connectivity index (χ2v) is 12.6. The van der Waals surface area contributed by atoms with Gasteiger partial charge < -0.3 is 14.4 Å². The maximum Gasteiger partial charge on any atom is 0.420 e. The van der Waals surface area contributed by atoms with Crippen LogP contribution in [0.1, 0.15) is 65.6 Å². The van der Waals surface area contributed by atoms with Crippen LogP contribution >= 0.6 is 11.6 Å². The van der Waals surface area contributed by atoms with Crippen LogP contribution in [-0.4, -0.2) is 60.7 Å². The van der Waals surface area contributed by atoms with Crippen LogP contribution in [0.3, 0.4) is 0 Å². The Morgan fingerprint density at radius 1 is 1.03 bits per heavy atom. The number of fused-ring (bicyclic) bond motifs is 3. The summed E-state index contributed by atoms with van der Waals surface area (Å²) in [5.41, 5.74) is 2.44. The number of ether oxygens (including phenoxy) is 2. The van der Waals surface area contributed by atoms with Gasteiger partial charge in [0, 0.05) is 48.4 Å². The van der Waals surface area contributed by atoms with Crippen LogP contribution in [0.25, 0.3) is 22.3 Å². The summed E-state index contributed by atoms with van der Waals surface area (Å²) in [6, 6.07) is 1.97. The van der Waals surface area contributed by atoms with Crippen LogP contribution in [-0.2, 0) is 21.4 Å². The van der Waals surface area contributed by atoms with Gasteiger partial charge in [-0.3, -0.25) is 4.68 Å². The van der Waals surface area contributed by atoms with Gasteiger partial charge in [0.15, 0.2) is 0 Å². The number of aryl methyl sites for hydroxylation is 2. The fraction of sp³-hybridized carbons (Fsp3) is 0.556. The fourth-order valence-electron chi connectivity index (χ4n) is 5.33. The number of rotatable bonds is 1. The van der Waals surface area contributed by atoms with Gasteiger partial charge in [-0.05, 0) is 72.9 Å². The summed E-state index contributed by atoms with van der Waals surface area (Å²) >= 11 is 7.00. The lowest BCUT2D eigenvalue weighted by Gasteiger charge is -2.26. The highest BCUT2D eigenvalue weighted by atomic mass is 35.5. The number of nitrogens with zero attached hydrogens (tertiary/aromatic N) is 5. The number of amides is 1. The van der Waals surface area contributed by atoms with Crippen molar-refractivity contribution >= 4 is 34.8 Å². The first-order valence-electron chi connectivity index (χ1n) is 12.6. The quantitative estimate of drug-likeness (QED) is 0.389. The van der Waals surface area contributed by atoms with Crippen molar-refractivity contribution in [2.75, 3.05) is 13.1 Å². The molecule has 0 radical (unpaired) electrons. The molecule has 1 saturated heterocycles. The van der Waals surface area contributed by atoms with Crippen molar-refractivity contribution in [2.45, 2.75) is 84.5 Å². The van der Waals surface area contributed by atoms with Crippen LogP contribution in [0.4, 0.5) is 9.59 Å². The molecule has 3 aromatic rings. The van der Waals surface area contributed by atoms with Gasteiger partial charge in [0.1, 0.15) is 22.5 Å². The SMILES string of the molecule is Cc1cn(C(=O)OC(C)(C)C)c2ncc(-c3nn4c(c3Cl)C3(CCN(C(=O)OC(C)(C)C)C3)CC4)cc12. The molecule has 2 aliphatic heterocycles. The first kappa shape index (κ1) is 25.6. The van der Waals surface area contributed by atoms with Gasteiger partial charge in [-0.25, -0.2) is 19.1 Å². The zero-order chi connectivity index (χ0) is 26.9. The number of pyridine rings is 1. The van der Waals surface area contributed by atoms with Gasteiger partial charge in [-0.1, -0.05) is 11.6 Å². The zero-order valence-corrected chi connectivity index (χ0v) is 23.3. The monoisotopic (exact) mass is 527 g/mol. The molecule has 3 aromatic heterocycles. The van der Waals surface area contributed by atoms with Crippen molar-refractivity contribution in [1.29, 1.82) is 0 Å². The number of hydrogen-bond donors (Lipinski definition) is 0. The van der Waals surface area contributed by atoms with Crippen molar-refractivity contribution < 1.29 is 19.1 Å². The van der Waals surface area contributed by atoms with Crippen molar-refractivity contribution in [3.05, 3.63) is 34.7 Å². The van der Waals surface area contributed by atoms with E-state index in [9.17, 15) is 9.59 Å². The predicted molar refractivity (Wildman–Crippen MR) is 141 cm³/mol. The molecule has 1 atom stereocenters. The fourth-order valence-corrected chi connectivity index (χ4v) is 5.77. The Morgan fingerprint density at radius 3 is 2.35 bits per heavy atom. The lowest BCUT2D eigenvalue weighted by atomic mass is 9.82. The molecule has 1 fully saturated rings. The van der Waals surface area contributed by atoms with Crippen molar-refractivity contribution in [2.24, 2.45) is 0 Å². The standard InChI is InChI=1S/C27H34ClN5O4/c1-16-14-32(24(35)37-26(5,6)7)22-18(16)12-17(13-29-22)20-19(28)21-27(9-11-33(21)30-20)8-10-31(15-27)23(34)36-25(2,3)4/h12-14H,8-11,15H2,1-7H3. The molecule has 0 aliphatic carbocycles. The first-order valence-corrected chi connectivity index (χ1v) is 13.0.